The van der Waals surface area contributed by atoms with Crippen LogP contribution in [-0.2, 0) is 19.2 Å². The van der Waals surface area contributed by atoms with Gasteiger partial charge in [-0.3, -0.25) is 4.79 Å². The Labute approximate surface area is 213 Å². The molecule has 10 heteroatoms. The van der Waals surface area contributed by atoms with E-state index >= 15 is 0 Å². The standard InChI is InChI=1S/C28H20F4N2O4/c1-2-18-12-20-24(13-23(18)36-16-17-14-33-34(15-17)19-8-4-3-5-9-19)38-27(28(30,31)32)26(25(20)35)37-22-11-7-6-10-21(22)29/h3-15H,2,16H2,1H3. The van der Waals surface area contributed by atoms with Gasteiger partial charge in [0.1, 0.15) is 17.9 Å². The van der Waals surface area contributed by atoms with Crippen molar-refractivity contribution in [2.45, 2.75) is 26.1 Å². The number of halogens is 4. The summed E-state index contributed by atoms with van der Waals surface area (Å²) in [5.74, 6) is -4.01. The Morgan fingerprint density at radius 2 is 1.74 bits per heavy atom. The van der Waals surface area contributed by atoms with Gasteiger partial charge >= 0.3 is 6.18 Å². The average Bonchev–Trinajstić information content (AvgIpc) is 3.38. The van der Waals surface area contributed by atoms with Crippen LogP contribution in [0.3, 0.4) is 0 Å². The Morgan fingerprint density at radius 1 is 1.00 bits per heavy atom. The number of fused-ring (bicyclic) bond motifs is 1. The van der Waals surface area contributed by atoms with Gasteiger partial charge in [-0.1, -0.05) is 37.3 Å². The number of aryl methyl sites for hydroxylation is 1. The van der Waals surface area contributed by atoms with E-state index in [-0.39, 0.29) is 23.3 Å². The molecule has 5 rings (SSSR count). The number of para-hydroxylation sites is 2. The van der Waals surface area contributed by atoms with E-state index in [1.807, 2.05) is 37.3 Å². The molecule has 3 aromatic carbocycles. The summed E-state index contributed by atoms with van der Waals surface area (Å²) in [7, 11) is 0. The molecule has 194 valence electrons. The van der Waals surface area contributed by atoms with Gasteiger partial charge in [-0.2, -0.15) is 18.3 Å². The lowest BCUT2D eigenvalue weighted by Crippen LogP contribution is -2.16. The highest BCUT2D eigenvalue weighted by Crippen LogP contribution is 2.39. The third-order valence-corrected chi connectivity index (χ3v) is 5.77. The molecule has 6 nitrogen and oxygen atoms in total. The van der Waals surface area contributed by atoms with Crippen LogP contribution >= 0.6 is 0 Å². The predicted octanol–water partition coefficient (Wildman–Crippen LogP) is 7.07. The number of alkyl halides is 3. The van der Waals surface area contributed by atoms with E-state index in [0.29, 0.717) is 12.0 Å². The lowest BCUT2D eigenvalue weighted by atomic mass is 10.1. The van der Waals surface area contributed by atoms with Crippen LogP contribution in [0.5, 0.6) is 17.2 Å². The summed E-state index contributed by atoms with van der Waals surface area (Å²) >= 11 is 0. The number of rotatable bonds is 7. The molecular formula is C28H20F4N2O4. The zero-order valence-corrected chi connectivity index (χ0v) is 20.0. The summed E-state index contributed by atoms with van der Waals surface area (Å²) in [5.41, 5.74) is 0.732. The summed E-state index contributed by atoms with van der Waals surface area (Å²) < 4.78 is 73.5. The molecule has 0 saturated carbocycles. The second kappa shape index (κ2) is 10.0. The predicted molar refractivity (Wildman–Crippen MR) is 131 cm³/mol. The minimum Gasteiger partial charge on any atom is -0.488 e. The van der Waals surface area contributed by atoms with E-state index in [4.69, 9.17) is 13.9 Å². The quantitative estimate of drug-likeness (QED) is 0.213. The molecule has 0 amide bonds. The van der Waals surface area contributed by atoms with Gasteiger partial charge in [-0.15, -0.1) is 0 Å². The van der Waals surface area contributed by atoms with Crippen LogP contribution in [0.2, 0.25) is 0 Å². The highest BCUT2D eigenvalue weighted by molar-refractivity contribution is 5.81. The molecule has 5 aromatic rings. The second-order valence-electron chi connectivity index (χ2n) is 8.35. The van der Waals surface area contributed by atoms with Gasteiger partial charge < -0.3 is 13.9 Å². The smallest absolute Gasteiger partial charge is 0.453 e. The fraction of sp³-hybridized carbons (Fsp3) is 0.143. The van der Waals surface area contributed by atoms with Crippen LogP contribution in [0.15, 0.2) is 88.3 Å². The Bertz CT molecular complexity index is 1660. The zero-order chi connectivity index (χ0) is 26.9. The maximum Gasteiger partial charge on any atom is 0.453 e. The van der Waals surface area contributed by atoms with Gasteiger partial charge in [0.05, 0.1) is 17.3 Å². The molecule has 0 aliphatic rings. The summed E-state index contributed by atoms with van der Waals surface area (Å²) in [5, 5.41) is 4.16. The maximum atomic E-state index is 14.1. The van der Waals surface area contributed by atoms with Gasteiger partial charge in [-0.25, -0.2) is 9.07 Å². The molecule has 38 heavy (non-hydrogen) atoms. The minimum absolute atomic E-state index is 0.0795. The Hall–Kier alpha value is -4.60. The number of aromatic nitrogens is 2. The van der Waals surface area contributed by atoms with Crippen molar-refractivity contribution in [1.82, 2.24) is 9.78 Å². The summed E-state index contributed by atoms with van der Waals surface area (Å²) in [4.78, 5) is 13.1. The number of hydrogen-bond acceptors (Lipinski definition) is 5. The van der Waals surface area contributed by atoms with Crippen molar-refractivity contribution in [2.75, 3.05) is 0 Å². The van der Waals surface area contributed by atoms with E-state index in [1.165, 1.54) is 24.3 Å². The van der Waals surface area contributed by atoms with Crippen LogP contribution in [0, 0.1) is 5.82 Å². The van der Waals surface area contributed by atoms with E-state index < -0.39 is 34.7 Å². The first-order valence-corrected chi connectivity index (χ1v) is 11.6. The van der Waals surface area contributed by atoms with Crippen LogP contribution in [0.4, 0.5) is 17.6 Å². The van der Waals surface area contributed by atoms with Crippen molar-refractivity contribution in [3.05, 3.63) is 112 Å². The zero-order valence-electron chi connectivity index (χ0n) is 20.0. The van der Waals surface area contributed by atoms with Crippen molar-refractivity contribution < 1.29 is 31.5 Å². The summed E-state index contributed by atoms with van der Waals surface area (Å²) in [6.07, 6.45) is -1.27. The van der Waals surface area contributed by atoms with Gasteiger partial charge in [0.25, 0.3) is 5.76 Å². The van der Waals surface area contributed by atoms with E-state index in [2.05, 4.69) is 5.10 Å². The Kier molecular flexibility index (Phi) is 6.62. The highest BCUT2D eigenvalue weighted by atomic mass is 19.4. The number of nitrogens with zero attached hydrogens (tertiary/aromatic N) is 2. The van der Waals surface area contributed by atoms with Crippen molar-refractivity contribution in [2.24, 2.45) is 0 Å². The van der Waals surface area contributed by atoms with Crippen LogP contribution < -0.4 is 14.9 Å². The lowest BCUT2D eigenvalue weighted by molar-refractivity contribution is -0.154. The Balaban J connectivity index is 1.51. The first-order valence-electron chi connectivity index (χ1n) is 11.6. The third kappa shape index (κ3) is 4.97. The molecule has 0 aliphatic heterocycles. The molecule has 0 atom stereocenters. The van der Waals surface area contributed by atoms with E-state index in [0.717, 1.165) is 23.4 Å². The third-order valence-electron chi connectivity index (χ3n) is 5.77. The fourth-order valence-corrected chi connectivity index (χ4v) is 3.89. The van der Waals surface area contributed by atoms with Gasteiger partial charge in [0.2, 0.25) is 11.2 Å². The molecule has 0 spiro atoms. The van der Waals surface area contributed by atoms with Crippen molar-refractivity contribution in [1.29, 1.82) is 0 Å². The summed E-state index contributed by atoms with van der Waals surface area (Å²) in [6.45, 7) is 1.89. The van der Waals surface area contributed by atoms with E-state index in [1.54, 1.807) is 17.1 Å². The molecule has 0 unspecified atom stereocenters. The first kappa shape index (κ1) is 25.1. The number of hydrogen-bond donors (Lipinski definition) is 0. The van der Waals surface area contributed by atoms with Crippen molar-refractivity contribution >= 4 is 11.0 Å². The van der Waals surface area contributed by atoms with Crippen LogP contribution in [0.25, 0.3) is 16.7 Å². The SMILES string of the molecule is CCc1cc2c(=O)c(Oc3ccccc3F)c(C(F)(F)F)oc2cc1OCc1cnn(-c2ccccc2)c1. The summed E-state index contributed by atoms with van der Waals surface area (Å²) in [6, 6.07) is 16.9. The molecule has 0 radical (unpaired) electrons. The first-order chi connectivity index (χ1) is 18.2. The Morgan fingerprint density at radius 3 is 2.45 bits per heavy atom. The number of benzene rings is 3. The largest absolute Gasteiger partial charge is 0.488 e. The van der Waals surface area contributed by atoms with Gasteiger partial charge in [-0.05, 0) is 42.3 Å². The molecule has 0 bridgehead atoms. The van der Waals surface area contributed by atoms with Crippen LogP contribution in [-0.4, -0.2) is 9.78 Å². The van der Waals surface area contributed by atoms with Gasteiger partial charge in [0.15, 0.2) is 11.6 Å². The second-order valence-corrected chi connectivity index (χ2v) is 8.35. The lowest BCUT2D eigenvalue weighted by Gasteiger charge is -2.15. The number of ether oxygens (including phenoxy) is 2. The highest BCUT2D eigenvalue weighted by Gasteiger charge is 2.41. The van der Waals surface area contributed by atoms with Crippen LogP contribution in [0.1, 0.15) is 23.8 Å². The minimum atomic E-state index is -5.08. The fourth-order valence-electron chi connectivity index (χ4n) is 3.89. The molecule has 2 heterocycles. The maximum absolute atomic E-state index is 14.1. The average molecular weight is 524 g/mol. The van der Waals surface area contributed by atoms with Gasteiger partial charge in [0, 0.05) is 17.8 Å². The molecule has 0 aliphatic carbocycles. The molecule has 0 N–H and O–H groups in total. The molecule has 0 fully saturated rings. The molecule has 2 aromatic heterocycles. The molecular weight excluding hydrogens is 504 g/mol. The van der Waals surface area contributed by atoms with Crippen molar-refractivity contribution in [3.8, 4) is 22.9 Å². The normalized spacial score (nSPS) is 11.6. The topological polar surface area (TPSA) is 66.5 Å². The van der Waals surface area contributed by atoms with E-state index in [9.17, 15) is 22.4 Å². The molecule has 0 saturated heterocycles. The van der Waals surface area contributed by atoms with Crippen molar-refractivity contribution in [3.63, 3.8) is 0 Å². The monoisotopic (exact) mass is 524 g/mol.